The summed E-state index contributed by atoms with van der Waals surface area (Å²) in [5, 5.41) is 0. The molecule has 0 bridgehead atoms. The van der Waals surface area contributed by atoms with Crippen molar-refractivity contribution in [1.29, 1.82) is 0 Å². The van der Waals surface area contributed by atoms with Gasteiger partial charge in [-0.15, -0.1) is 0 Å². The Hall–Kier alpha value is -1.41. The zero-order chi connectivity index (χ0) is 10.9. The molecule has 0 spiro atoms. The molecule has 0 unspecified atom stereocenters. The molecule has 0 aliphatic carbocycles. The van der Waals surface area contributed by atoms with Crippen molar-refractivity contribution in [2.45, 2.75) is 0 Å². The molecule has 0 aromatic heterocycles. The highest BCUT2D eigenvalue weighted by atomic mass is 32.3. The summed E-state index contributed by atoms with van der Waals surface area (Å²) in [5.41, 5.74) is 4.14. The SMILES string of the molecule is Nc1c(F)cc(OS(=O)(=O)O)cc1F. The fourth-order valence-electron chi connectivity index (χ4n) is 0.731. The fourth-order valence-corrected chi connectivity index (χ4v) is 1.07. The number of nitrogen functional groups attached to an aromatic ring is 1. The Morgan fingerprint density at radius 1 is 1.29 bits per heavy atom. The van der Waals surface area contributed by atoms with Crippen molar-refractivity contribution in [3.8, 4) is 5.75 Å². The van der Waals surface area contributed by atoms with Crippen LogP contribution < -0.4 is 9.92 Å². The van der Waals surface area contributed by atoms with Crippen LogP contribution in [-0.4, -0.2) is 13.0 Å². The van der Waals surface area contributed by atoms with E-state index in [1.54, 1.807) is 0 Å². The van der Waals surface area contributed by atoms with E-state index in [0.717, 1.165) is 0 Å². The molecule has 0 radical (unpaired) electrons. The number of nitrogens with two attached hydrogens (primary N) is 1. The topological polar surface area (TPSA) is 89.6 Å². The van der Waals surface area contributed by atoms with E-state index >= 15 is 0 Å². The lowest BCUT2D eigenvalue weighted by Gasteiger charge is -2.03. The molecule has 1 aromatic rings. The van der Waals surface area contributed by atoms with Gasteiger partial charge in [0.25, 0.3) is 0 Å². The first-order chi connectivity index (χ1) is 6.29. The van der Waals surface area contributed by atoms with Crippen LogP contribution in [0.1, 0.15) is 0 Å². The molecular formula is C6H5F2NO4S. The third-order valence-corrected chi connectivity index (χ3v) is 1.66. The summed E-state index contributed by atoms with van der Waals surface area (Å²) in [6.45, 7) is 0. The predicted molar refractivity (Wildman–Crippen MR) is 42.9 cm³/mol. The van der Waals surface area contributed by atoms with Crippen molar-refractivity contribution in [1.82, 2.24) is 0 Å². The van der Waals surface area contributed by atoms with Crippen molar-refractivity contribution in [2.24, 2.45) is 0 Å². The van der Waals surface area contributed by atoms with E-state index in [2.05, 4.69) is 4.18 Å². The first kappa shape index (κ1) is 10.7. The van der Waals surface area contributed by atoms with E-state index in [9.17, 15) is 17.2 Å². The zero-order valence-corrected chi connectivity index (χ0v) is 7.38. The van der Waals surface area contributed by atoms with E-state index in [-0.39, 0.29) is 0 Å². The smallest absolute Gasteiger partial charge is 0.394 e. The van der Waals surface area contributed by atoms with E-state index in [1.807, 2.05) is 0 Å². The summed E-state index contributed by atoms with van der Waals surface area (Å²) in [6, 6.07) is 1.07. The largest absolute Gasteiger partial charge is 0.446 e. The first-order valence-electron chi connectivity index (χ1n) is 3.21. The van der Waals surface area contributed by atoms with Gasteiger partial charge in [0, 0.05) is 12.1 Å². The van der Waals surface area contributed by atoms with E-state index in [1.165, 1.54) is 0 Å². The Morgan fingerprint density at radius 2 is 1.71 bits per heavy atom. The number of anilines is 1. The molecule has 0 saturated heterocycles. The summed E-state index contributed by atoms with van der Waals surface area (Å²) in [7, 11) is -4.80. The molecule has 0 amide bonds. The number of hydrogen-bond acceptors (Lipinski definition) is 4. The van der Waals surface area contributed by atoms with E-state index in [4.69, 9.17) is 10.3 Å². The molecule has 0 aliphatic rings. The molecule has 0 fully saturated rings. The Morgan fingerprint density at radius 3 is 2.07 bits per heavy atom. The molecule has 1 rings (SSSR count). The minimum absolute atomic E-state index is 0.534. The summed E-state index contributed by atoms with van der Waals surface area (Å²) in [4.78, 5) is 0. The quantitative estimate of drug-likeness (QED) is 0.572. The Bertz CT molecular complexity index is 436. The van der Waals surface area contributed by atoms with Crippen molar-refractivity contribution in [2.75, 3.05) is 5.73 Å². The van der Waals surface area contributed by atoms with E-state index < -0.39 is 33.5 Å². The highest BCUT2D eigenvalue weighted by molar-refractivity contribution is 7.81. The van der Waals surface area contributed by atoms with Crippen LogP contribution >= 0.6 is 0 Å². The molecule has 8 heteroatoms. The molecule has 1 aromatic carbocycles. The van der Waals surface area contributed by atoms with Gasteiger partial charge in [-0.1, -0.05) is 0 Å². The highest BCUT2D eigenvalue weighted by Crippen LogP contribution is 2.22. The number of hydrogen-bond donors (Lipinski definition) is 2. The van der Waals surface area contributed by atoms with Crippen LogP contribution in [0.2, 0.25) is 0 Å². The lowest BCUT2D eigenvalue weighted by atomic mass is 10.3. The van der Waals surface area contributed by atoms with Gasteiger partial charge in [0.05, 0.1) is 0 Å². The molecule has 0 aliphatic heterocycles. The van der Waals surface area contributed by atoms with Crippen molar-refractivity contribution >= 4 is 16.1 Å². The lowest BCUT2D eigenvalue weighted by Crippen LogP contribution is -2.07. The molecule has 0 atom stereocenters. The second-order valence-corrected chi connectivity index (χ2v) is 3.33. The van der Waals surface area contributed by atoms with Gasteiger partial charge in [-0.2, -0.15) is 8.42 Å². The monoisotopic (exact) mass is 225 g/mol. The van der Waals surface area contributed by atoms with Gasteiger partial charge in [0.1, 0.15) is 5.69 Å². The Labute approximate surface area is 78.1 Å². The standard InChI is InChI=1S/C6H5F2NO4S/c7-4-1-3(13-14(10,11)12)2-5(8)6(4)9/h1-2H,9H2,(H,10,11,12). The third-order valence-electron chi connectivity index (χ3n) is 1.25. The second-order valence-electron chi connectivity index (χ2n) is 2.31. The number of halogens is 2. The van der Waals surface area contributed by atoms with Crippen molar-refractivity contribution in [3.63, 3.8) is 0 Å². The maximum absolute atomic E-state index is 12.7. The minimum Gasteiger partial charge on any atom is -0.394 e. The number of rotatable bonds is 2. The molecule has 0 saturated carbocycles. The fraction of sp³-hybridized carbons (Fsp3) is 0. The normalized spacial score (nSPS) is 11.4. The van der Waals surface area contributed by atoms with Crippen LogP contribution in [0.4, 0.5) is 14.5 Å². The third kappa shape index (κ3) is 2.54. The van der Waals surface area contributed by atoms with Gasteiger partial charge in [0.15, 0.2) is 17.4 Å². The van der Waals surface area contributed by atoms with E-state index in [0.29, 0.717) is 12.1 Å². The minimum atomic E-state index is -4.80. The van der Waals surface area contributed by atoms with Gasteiger partial charge in [-0.25, -0.2) is 8.78 Å². The van der Waals surface area contributed by atoms with Crippen LogP contribution in [0, 0.1) is 11.6 Å². The Balaban J connectivity index is 3.14. The van der Waals surface area contributed by atoms with Gasteiger partial charge < -0.3 is 9.92 Å². The average molecular weight is 225 g/mol. The Kier molecular flexibility index (Phi) is 2.58. The first-order valence-corrected chi connectivity index (χ1v) is 4.57. The van der Waals surface area contributed by atoms with Crippen LogP contribution in [0.15, 0.2) is 12.1 Å². The van der Waals surface area contributed by atoms with Crippen LogP contribution in [0.5, 0.6) is 5.75 Å². The second kappa shape index (κ2) is 3.39. The van der Waals surface area contributed by atoms with Crippen LogP contribution in [-0.2, 0) is 10.4 Å². The lowest BCUT2D eigenvalue weighted by molar-refractivity contribution is 0.385. The van der Waals surface area contributed by atoms with Gasteiger partial charge in [-0.05, 0) is 0 Å². The molecule has 5 nitrogen and oxygen atoms in total. The predicted octanol–water partition coefficient (Wildman–Crippen LogP) is 0.729. The zero-order valence-electron chi connectivity index (χ0n) is 6.57. The molecular weight excluding hydrogens is 220 g/mol. The van der Waals surface area contributed by atoms with Crippen molar-refractivity contribution < 1.29 is 25.9 Å². The summed E-state index contributed by atoms with van der Waals surface area (Å²) in [6.07, 6.45) is 0. The highest BCUT2D eigenvalue weighted by Gasteiger charge is 2.12. The van der Waals surface area contributed by atoms with Gasteiger partial charge in [0.2, 0.25) is 0 Å². The summed E-state index contributed by atoms with van der Waals surface area (Å²) >= 11 is 0. The molecule has 3 N–H and O–H groups in total. The molecule has 0 heterocycles. The average Bonchev–Trinajstić information content (AvgIpc) is 1.96. The molecule has 78 valence electrons. The number of benzene rings is 1. The summed E-state index contributed by atoms with van der Waals surface area (Å²) < 4.78 is 57.7. The van der Waals surface area contributed by atoms with Crippen molar-refractivity contribution in [3.05, 3.63) is 23.8 Å². The summed E-state index contributed by atoms with van der Waals surface area (Å²) in [5.74, 6) is -3.05. The van der Waals surface area contributed by atoms with Crippen LogP contribution in [0.3, 0.4) is 0 Å². The van der Waals surface area contributed by atoms with Crippen LogP contribution in [0.25, 0.3) is 0 Å². The van der Waals surface area contributed by atoms with Gasteiger partial charge >= 0.3 is 10.4 Å². The molecule has 14 heavy (non-hydrogen) atoms. The maximum atomic E-state index is 12.7. The maximum Gasteiger partial charge on any atom is 0.446 e. The van der Waals surface area contributed by atoms with Gasteiger partial charge in [-0.3, -0.25) is 4.55 Å².